The molecular formula is C19H21NO4S. The van der Waals surface area contributed by atoms with Gasteiger partial charge in [0.05, 0.1) is 22.3 Å². The molecular weight excluding hydrogens is 338 g/mol. The van der Waals surface area contributed by atoms with E-state index in [0.29, 0.717) is 17.0 Å². The fourth-order valence-corrected chi connectivity index (χ4v) is 3.42. The molecule has 1 amide bonds. The van der Waals surface area contributed by atoms with Crippen LogP contribution in [0.2, 0.25) is 0 Å². The Hall–Kier alpha value is -2.34. The van der Waals surface area contributed by atoms with E-state index < -0.39 is 9.84 Å². The summed E-state index contributed by atoms with van der Waals surface area (Å²) in [6.07, 6.45) is 3.38. The summed E-state index contributed by atoms with van der Waals surface area (Å²) in [5.41, 5.74) is 1.01. The summed E-state index contributed by atoms with van der Waals surface area (Å²) < 4.78 is 29.5. The third-order valence-electron chi connectivity index (χ3n) is 4.33. The van der Waals surface area contributed by atoms with E-state index in [9.17, 15) is 13.2 Å². The average molecular weight is 359 g/mol. The first-order chi connectivity index (χ1) is 12.0. The second-order valence-electron chi connectivity index (χ2n) is 6.05. The zero-order valence-electron chi connectivity index (χ0n) is 14.1. The lowest BCUT2D eigenvalue weighted by molar-refractivity contribution is 0.0992. The zero-order valence-corrected chi connectivity index (χ0v) is 14.9. The van der Waals surface area contributed by atoms with Gasteiger partial charge in [0.2, 0.25) is 0 Å². The maximum Gasteiger partial charge on any atom is 0.259 e. The van der Waals surface area contributed by atoms with E-state index in [0.717, 1.165) is 19.3 Å². The van der Waals surface area contributed by atoms with Crippen molar-refractivity contribution < 1.29 is 17.9 Å². The normalized spacial score (nSPS) is 14.6. The Balaban J connectivity index is 1.74. The summed E-state index contributed by atoms with van der Waals surface area (Å²) in [5.74, 6) is 0.348. The first-order valence-electron chi connectivity index (χ1n) is 8.39. The second-order valence-corrected chi connectivity index (χ2v) is 8.33. The Labute approximate surface area is 147 Å². The van der Waals surface area contributed by atoms with Crippen molar-refractivity contribution >= 4 is 21.4 Å². The molecule has 5 nitrogen and oxygen atoms in total. The van der Waals surface area contributed by atoms with Gasteiger partial charge in [-0.05, 0) is 55.7 Å². The molecule has 0 aliphatic heterocycles. The van der Waals surface area contributed by atoms with E-state index in [1.165, 1.54) is 12.1 Å². The largest absolute Gasteiger partial charge is 0.490 e. The third-order valence-corrected chi connectivity index (χ3v) is 6.08. The van der Waals surface area contributed by atoms with E-state index in [4.69, 9.17) is 4.74 Å². The van der Waals surface area contributed by atoms with E-state index in [-0.39, 0.29) is 22.7 Å². The van der Waals surface area contributed by atoms with Gasteiger partial charge < -0.3 is 10.1 Å². The van der Waals surface area contributed by atoms with Crippen LogP contribution in [-0.2, 0) is 9.84 Å². The van der Waals surface area contributed by atoms with Crippen LogP contribution >= 0.6 is 0 Å². The molecule has 6 heteroatoms. The van der Waals surface area contributed by atoms with Crippen molar-refractivity contribution in [3.63, 3.8) is 0 Å². The fourth-order valence-electron chi connectivity index (χ4n) is 2.54. The molecule has 0 aromatic heterocycles. The Morgan fingerprint density at radius 3 is 2.40 bits per heavy atom. The number of anilines is 1. The number of hydrogen-bond donors (Lipinski definition) is 1. The Morgan fingerprint density at radius 2 is 1.80 bits per heavy atom. The summed E-state index contributed by atoms with van der Waals surface area (Å²) in [6, 6.07) is 13.3. The van der Waals surface area contributed by atoms with Crippen LogP contribution in [0.1, 0.15) is 36.5 Å². The smallest absolute Gasteiger partial charge is 0.259 e. The highest BCUT2D eigenvalue weighted by molar-refractivity contribution is 7.91. The number of carbonyl (C=O) groups excluding carboxylic acids is 1. The second kappa shape index (κ2) is 7.27. The van der Waals surface area contributed by atoms with Crippen molar-refractivity contribution in [1.82, 2.24) is 0 Å². The number of ether oxygens (including phenoxy) is 1. The molecule has 1 aliphatic carbocycles. The molecule has 0 unspecified atom stereocenters. The zero-order chi connectivity index (χ0) is 17.9. The number of sulfone groups is 1. The first kappa shape index (κ1) is 17.5. The quantitative estimate of drug-likeness (QED) is 0.854. The number of amides is 1. The molecule has 1 saturated carbocycles. The number of carbonyl (C=O) groups is 1. The van der Waals surface area contributed by atoms with Gasteiger partial charge in [-0.25, -0.2) is 8.42 Å². The maximum absolute atomic E-state index is 12.6. The van der Waals surface area contributed by atoms with Crippen LogP contribution in [0.5, 0.6) is 5.75 Å². The molecule has 0 radical (unpaired) electrons. The van der Waals surface area contributed by atoms with Gasteiger partial charge >= 0.3 is 0 Å². The van der Waals surface area contributed by atoms with Gasteiger partial charge in [-0.1, -0.05) is 19.1 Å². The molecule has 2 aromatic carbocycles. The molecule has 1 N–H and O–H groups in total. The van der Waals surface area contributed by atoms with Gasteiger partial charge in [0.15, 0.2) is 9.84 Å². The molecule has 132 valence electrons. The molecule has 2 aromatic rings. The number of rotatable bonds is 6. The van der Waals surface area contributed by atoms with Crippen LogP contribution in [0, 0.1) is 0 Å². The Bertz CT molecular complexity index is 855. The van der Waals surface area contributed by atoms with Crippen LogP contribution in [0.4, 0.5) is 5.69 Å². The van der Waals surface area contributed by atoms with Gasteiger partial charge in [0.25, 0.3) is 5.91 Å². The lowest BCUT2D eigenvalue weighted by atomic mass is 9.96. The van der Waals surface area contributed by atoms with Crippen LogP contribution in [0.3, 0.4) is 0 Å². The first-order valence-corrected chi connectivity index (χ1v) is 10.0. The topological polar surface area (TPSA) is 72.5 Å². The highest BCUT2D eigenvalue weighted by Gasteiger charge is 2.22. The van der Waals surface area contributed by atoms with E-state index in [2.05, 4.69) is 5.32 Å². The van der Waals surface area contributed by atoms with Crippen LogP contribution in [0.15, 0.2) is 53.4 Å². The third kappa shape index (κ3) is 4.02. The monoisotopic (exact) mass is 359 g/mol. The molecule has 0 atom stereocenters. The number of para-hydroxylation sites is 1. The fraction of sp³-hybridized carbons (Fsp3) is 0.316. The van der Waals surface area contributed by atoms with E-state index in [1.807, 2.05) is 6.07 Å². The van der Waals surface area contributed by atoms with Crippen molar-refractivity contribution in [3.8, 4) is 5.75 Å². The van der Waals surface area contributed by atoms with Crippen LogP contribution in [0.25, 0.3) is 0 Å². The van der Waals surface area contributed by atoms with Gasteiger partial charge in [-0.15, -0.1) is 0 Å². The summed E-state index contributed by atoms with van der Waals surface area (Å²) in [6.45, 7) is 1.60. The van der Waals surface area contributed by atoms with E-state index >= 15 is 0 Å². The molecule has 1 fully saturated rings. The van der Waals surface area contributed by atoms with E-state index in [1.54, 1.807) is 37.3 Å². The standard InChI is InChI=1S/C19H21NO4S/c1-2-25(22,23)16-12-10-14(11-13-16)20-19(21)17-8-3-4-9-18(17)24-15-6-5-7-15/h3-4,8-13,15H,2,5-7H2,1H3,(H,20,21). The Kier molecular flexibility index (Phi) is 5.08. The van der Waals surface area contributed by atoms with Gasteiger partial charge in [-0.2, -0.15) is 0 Å². The number of nitrogens with one attached hydrogen (secondary N) is 1. The SMILES string of the molecule is CCS(=O)(=O)c1ccc(NC(=O)c2ccccc2OC2CCC2)cc1. The maximum atomic E-state index is 12.6. The van der Waals surface area contributed by atoms with Crippen molar-refractivity contribution in [3.05, 3.63) is 54.1 Å². The molecule has 25 heavy (non-hydrogen) atoms. The highest BCUT2D eigenvalue weighted by Crippen LogP contribution is 2.28. The minimum Gasteiger partial charge on any atom is -0.490 e. The summed E-state index contributed by atoms with van der Waals surface area (Å²) in [5, 5.41) is 2.79. The molecule has 1 aliphatic rings. The van der Waals surface area contributed by atoms with Gasteiger partial charge in [0.1, 0.15) is 5.75 Å². The summed E-state index contributed by atoms with van der Waals surface area (Å²) in [4.78, 5) is 12.8. The average Bonchev–Trinajstić information content (AvgIpc) is 2.59. The number of hydrogen-bond acceptors (Lipinski definition) is 4. The molecule has 0 saturated heterocycles. The number of benzene rings is 2. The van der Waals surface area contributed by atoms with Crippen molar-refractivity contribution in [1.29, 1.82) is 0 Å². The molecule has 3 rings (SSSR count). The van der Waals surface area contributed by atoms with Crippen LogP contribution < -0.4 is 10.1 Å². The lowest BCUT2D eigenvalue weighted by Gasteiger charge is -2.27. The van der Waals surface area contributed by atoms with Gasteiger partial charge in [0, 0.05) is 5.69 Å². The van der Waals surface area contributed by atoms with Gasteiger partial charge in [-0.3, -0.25) is 4.79 Å². The van der Waals surface area contributed by atoms with Crippen molar-refractivity contribution in [2.75, 3.05) is 11.1 Å². The predicted octanol–water partition coefficient (Wildman–Crippen LogP) is 3.66. The minimum atomic E-state index is -3.25. The minimum absolute atomic E-state index is 0.0462. The van der Waals surface area contributed by atoms with Crippen molar-refractivity contribution in [2.45, 2.75) is 37.2 Å². The Morgan fingerprint density at radius 1 is 1.12 bits per heavy atom. The predicted molar refractivity (Wildman–Crippen MR) is 96.8 cm³/mol. The lowest BCUT2D eigenvalue weighted by Crippen LogP contribution is -2.26. The highest BCUT2D eigenvalue weighted by atomic mass is 32.2. The van der Waals surface area contributed by atoms with Crippen LogP contribution in [-0.4, -0.2) is 26.2 Å². The van der Waals surface area contributed by atoms with Crippen molar-refractivity contribution in [2.24, 2.45) is 0 Å². The molecule has 0 spiro atoms. The summed E-state index contributed by atoms with van der Waals surface area (Å²) in [7, 11) is -3.25. The molecule has 0 heterocycles. The summed E-state index contributed by atoms with van der Waals surface area (Å²) >= 11 is 0. The molecule has 0 bridgehead atoms.